The number of nitrogens with one attached hydrogen (secondary N) is 1. The Balaban J connectivity index is 1.86. The van der Waals surface area contributed by atoms with E-state index in [4.69, 9.17) is 5.11 Å². The molecule has 1 heterocycles. The molecule has 0 aromatic carbocycles. The normalized spacial score (nSPS) is 16.1. The summed E-state index contributed by atoms with van der Waals surface area (Å²) >= 11 is 0. The number of hydrogen-bond donors (Lipinski definition) is 2. The summed E-state index contributed by atoms with van der Waals surface area (Å²) in [7, 11) is 0. The molecule has 0 aliphatic heterocycles. The lowest BCUT2D eigenvalue weighted by Gasteiger charge is -2.13. The van der Waals surface area contributed by atoms with E-state index in [-0.39, 0.29) is 23.6 Å². The number of carbonyl (C=O) groups is 2. The van der Waals surface area contributed by atoms with Crippen molar-refractivity contribution in [2.75, 3.05) is 6.54 Å². The van der Waals surface area contributed by atoms with Gasteiger partial charge in [0.2, 0.25) is 0 Å². The van der Waals surface area contributed by atoms with E-state index in [0.717, 1.165) is 30.4 Å². The fourth-order valence-electron chi connectivity index (χ4n) is 2.20. The summed E-state index contributed by atoms with van der Waals surface area (Å²) in [6.07, 6.45) is 5.91. The van der Waals surface area contributed by atoms with Crippen molar-refractivity contribution >= 4 is 11.9 Å². The third kappa shape index (κ3) is 3.52. The second kappa shape index (κ2) is 5.38. The van der Waals surface area contributed by atoms with Gasteiger partial charge in [0.15, 0.2) is 5.69 Å². The topological polar surface area (TPSA) is 97.1 Å². The maximum Gasteiger partial charge on any atom is 0.325 e. The van der Waals surface area contributed by atoms with E-state index in [0.29, 0.717) is 6.54 Å². The molecule has 7 nitrogen and oxygen atoms in total. The van der Waals surface area contributed by atoms with Crippen LogP contribution in [-0.4, -0.2) is 38.5 Å². The van der Waals surface area contributed by atoms with Gasteiger partial charge >= 0.3 is 5.97 Å². The van der Waals surface area contributed by atoms with Crippen molar-refractivity contribution in [3.63, 3.8) is 0 Å². The molecule has 0 saturated heterocycles. The molecule has 0 atom stereocenters. The van der Waals surface area contributed by atoms with Crippen LogP contribution in [0.1, 0.15) is 43.1 Å². The monoisotopic (exact) mass is 266 g/mol. The van der Waals surface area contributed by atoms with Crippen molar-refractivity contribution in [2.24, 2.45) is 5.41 Å². The van der Waals surface area contributed by atoms with Gasteiger partial charge in [0, 0.05) is 6.54 Å². The molecule has 1 aliphatic rings. The molecular weight excluding hydrogens is 248 g/mol. The van der Waals surface area contributed by atoms with Crippen molar-refractivity contribution in [1.82, 2.24) is 20.3 Å². The van der Waals surface area contributed by atoms with E-state index in [1.807, 2.05) is 0 Å². The van der Waals surface area contributed by atoms with Gasteiger partial charge in [-0.3, -0.25) is 9.59 Å². The van der Waals surface area contributed by atoms with Crippen LogP contribution in [0.25, 0.3) is 0 Å². The molecule has 2 N–H and O–H groups in total. The highest BCUT2D eigenvalue weighted by molar-refractivity contribution is 5.91. The third-order valence-corrected chi connectivity index (χ3v) is 3.43. The maximum atomic E-state index is 11.8. The van der Waals surface area contributed by atoms with Crippen LogP contribution in [0.2, 0.25) is 0 Å². The van der Waals surface area contributed by atoms with Crippen LogP contribution >= 0.6 is 0 Å². The first kappa shape index (κ1) is 13.5. The second-order valence-corrected chi connectivity index (χ2v) is 5.13. The SMILES string of the molecule is CCCC1(CNC(=O)c2cn(CC(=O)O)nn2)CC1. The minimum Gasteiger partial charge on any atom is -0.480 e. The van der Waals surface area contributed by atoms with Gasteiger partial charge in [0.25, 0.3) is 5.91 Å². The Morgan fingerprint density at radius 1 is 1.53 bits per heavy atom. The molecule has 1 aromatic heterocycles. The summed E-state index contributed by atoms with van der Waals surface area (Å²) in [5.41, 5.74) is 0.440. The molecule has 7 heteroatoms. The Kier molecular flexibility index (Phi) is 3.82. The molecule has 1 aromatic rings. The average Bonchev–Trinajstić information content (AvgIpc) is 2.96. The summed E-state index contributed by atoms with van der Waals surface area (Å²) in [4.78, 5) is 22.3. The molecule has 19 heavy (non-hydrogen) atoms. The largest absolute Gasteiger partial charge is 0.480 e. The number of carbonyl (C=O) groups excluding carboxylic acids is 1. The zero-order valence-corrected chi connectivity index (χ0v) is 10.9. The minimum atomic E-state index is -1.02. The highest BCUT2D eigenvalue weighted by Gasteiger charge is 2.41. The molecule has 1 saturated carbocycles. The van der Waals surface area contributed by atoms with Crippen LogP contribution in [0.15, 0.2) is 6.20 Å². The van der Waals surface area contributed by atoms with Crippen molar-refractivity contribution in [2.45, 2.75) is 39.2 Å². The molecule has 1 aliphatic carbocycles. The smallest absolute Gasteiger partial charge is 0.325 e. The molecule has 0 bridgehead atoms. The van der Waals surface area contributed by atoms with Crippen LogP contribution in [-0.2, 0) is 11.3 Å². The number of hydrogen-bond acceptors (Lipinski definition) is 4. The molecule has 0 unspecified atom stereocenters. The standard InChI is InChI=1S/C12H18N4O3/c1-2-3-12(4-5-12)8-13-11(19)9-6-16(15-14-9)7-10(17)18/h6H,2-5,7-8H2,1H3,(H,13,19)(H,17,18). The first-order chi connectivity index (χ1) is 9.04. The summed E-state index contributed by atoms with van der Waals surface area (Å²) < 4.78 is 1.14. The van der Waals surface area contributed by atoms with E-state index >= 15 is 0 Å². The van der Waals surface area contributed by atoms with E-state index in [9.17, 15) is 9.59 Å². The average molecular weight is 266 g/mol. The van der Waals surface area contributed by atoms with Gasteiger partial charge in [0.1, 0.15) is 6.54 Å². The van der Waals surface area contributed by atoms with Gasteiger partial charge in [-0.1, -0.05) is 18.6 Å². The summed E-state index contributed by atoms with van der Waals surface area (Å²) in [5.74, 6) is -1.31. The Bertz CT molecular complexity index is 479. The van der Waals surface area contributed by atoms with Crippen molar-refractivity contribution < 1.29 is 14.7 Å². The number of amides is 1. The van der Waals surface area contributed by atoms with Crippen molar-refractivity contribution in [3.8, 4) is 0 Å². The first-order valence-corrected chi connectivity index (χ1v) is 6.45. The van der Waals surface area contributed by atoms with Gasteiger partial charge in [-0.25, -0.2) is 4.68 Å². The quantitative estimate of drug-likeness (QED) is 0.756. The highest BCUT2D eigenvalue weighted by Crippen LogP contribution is 2.48. The van der Waals surface area contributed by atoms with Gasteiger partial charge in [-0.2, -0.15) is 0 Å². The number of nitrogens with zero attached hydrogens (tertiary/aromatic N) is 3. The Morgan fingerprint density at radius 3 is 2.84 bits per heavy atom. The lowest BCUT2D eigenvalue weighted by Crippen LogP contribution is -2.30. The zero-order valence-electron chi connectivity index (χ0n) is 10.9. The molecular formula is C12H18N4O3. The molecule has 2 rings (SSSR count). The van der Waals surface area contributed by atoms with Gasteiger partial charge in [-0.05, 0) is 24.7 Å². The Morgan fingerprint density at radius 2 is 2.26 bits per heavy atom. The number of rotatable bonds is 7. The molecule has 0 radical (unpaired) electrons. The van der Waals surface area contributed by atoms with Crippen LogP contribution < -0.4 is 5.32 Å². The number of aromatic nitrogens is 3. The fourth-order valence-corrected chi connectivity index (χ4v) is 2.20. The molecule has 104 valence electrons. The van der Waals surface area contributed by atoms with E-state index in [1.165, 1.54) is 6.20 Å². The van der Waals surface area contributed by atoms with Crippen LogP contribution in [0, 0.1) is 5.41 Å². The Hall–Kier alpha value is -1.92. The predicted molar refractivity (Wildman–Crippen MR) is 66.6 cm³/mol. The maximum absolute atomic E-state index is 11.8. The summed E-state index contributed by atoms with van der Waals surface area (Å²) in [5, 5.41) is 18.7. The fraction of sp³-hybridized carbons (Fsp3) is 0.667. The van der Waals surface area contributed by atoms with E-state index in [1.54, 1.807) is 0 Å². The number of carboxylic acids is 1. The second-order valence-electron chi connectivity index (χ2n) is 5.13. The predicted octanol–water partition coefficient (Wildman–Crippen LogP) is 0.673. The van der Waals surface area contributed by atoms with Gasteiger partial charge in [0.05, 0.1) is 6.20 Å². The molecule has 1 fully saturated rings. The highest BCUT2D eigenvalue weighted by atomic mass is 16.4. The van der Waals surface area contributed by atoms with Crippen molar-refractivity contribution in [3.05, 3.63) is 11.9 Å². The Labute approximate surface area is 111 Å². The summed E-state index contributed by atoms with van der Waals surface area (Å²) in [6.45, 7) is 2.50. The van der Waals surface area contributed by atoms with Crippen LogP contribution in [0.4, 0.5) is 0 Å². The number of carboxylic acid groups (broad SMARTS) is 1. The van der Waals surface area contributed by atoms with Crippen LogP contribution in [0.5, 0.6) is 0 Å². The lowest BCUT2D eigenvalue weighted by molar-refractivity contribution is -0.137. The summed E-state index contributed by atoms with van der Waals surface area (Å²) in [6, 6.07) is 0. The third-order valence-electron chi connectivity index (χ3n) is 3.43. The molecule has 0 spiro atoms. The van der Waals surface area contributed by atoms with Crippen LogP contribution in [0.3, 0.4) is 0 Å². The van der Waals surface area contributed by atoms with E-state index < -0.39 is 5.97 Å². The lowest BCUT2D eigenvalue weighted by atomic mass is 10.0. The van der Waals surface area contributed by atoms with E-state index in [2.05, 4.69) is 22.6 Å². The molecule has 1 amide bonds. The first-order valence-electron chi connectivity index (χ1n) is 6.45. The number of aliphatic carboxylic acids is 1. The van der Waals surface area contributed by atoms with Crippen molar-refractivity contribution in [1.29, 1.82) is 0 Å². The van der Waals surface area contributed by atoms with Gasteiger partial charge < -0.3 is 10.4 Å². The minimum absolute atomic E-state index is 0.161. The zero-order chi connectivity index (χ0) is 13.9. The van der Waals surface area contributed by atoms with Gasteiger partial charge in [-0.15, -0.1) is 5.10 Å².